The molecule has 3 aromatic rings. The molecule has 0 atom stereocenters. The number of nitrogens with one attached hydrogen (secondary N) is 1. The van der Waals surface area contributed by atoms with Crippen LogP contribution in [0.3, 0.4) is 0 Å². The molecule has 3 fully saturated rings. The fourth-order valence-electron chi connectivity index (χ4n) is 7.42. The topological polar surface area (TPSA) is 102 Å². The van der Waals surface area contributed by atoms with E-state index in [0.717, 1.165) is 68.5 Å². The molecule has 1 N–H and O–H groups in total. The summed E-state index contributed by atoms with van der Waals surface area (Å²) < 4.78 is 13.3. The first-order valence-electron chi connectivity index (χ1n) is 16.5. The van der Waals surface area contributed by atoms with Gasteiger partial charge in [-0.05, 0) is 116 Å². The zero-order valence-corrected chi connectivity index (χ0v) is 27.5. The lowest BCUT2D eigenvalue weighted by atomic mass is 9.71. The van der Waals surface area contributed by atoms with Crippen LogP contribution < -0.4 is 10.1 Å². The number of fused-ring (bicyclic) bond motifs is 1. The van der Waals surface area contributed by atoms with Crippen LogP contribution >= 0.6 is 0 Å². The number of aromatic nitrogens is 3. The highest BCUT2D eigenvalue weighted by atomic mass is 16.6. The van der Waals surface area contributed by atoms with Crippen LogP contribution in [-0.4, -0.2) is 81.5 Å². The Kier molecular flexibility index (Phi) is 8.78. The first kappa shape index (κ1) is 31.3. The second kappa shape index (κ2) is 12.6. The van der Waals surface area contributed by atoms with Crippen molar-refractivity contribution in [2.75, 3.05) is 38.6 Å². The molecule has 2 aromatic heterocycles. The summed E-state index contributed by atoms with van der Waals surface area (Å²) in [7, 11) is 1.61. The molecule has 4 heterocycles. The third kappa shape index (κ3) is 7.11. The molecule has 1 saturated carbocycles. The molecular formula is C35H48N6O4. The summed E-state index contributed by atoms with van der Waals surface area (Å²) in [5, 5.41) is 8.88. The molecule has 6 rings (SSSR count). The predicted octanol–water partition coefficient (Wildman–Crippen LogP) is 6.60. The van der Waals surface area contributed by atoms with Gasteiger partial charge in [0.05, 0.1) is 24.4 Å². The summed E-state index contributed by atoms with van der Waals surface area (Å²) in [4.78, 5) is 34.4. The largest absolute Gasteiger partial charge is 0.494 e. The number of carbonyl (C=O) groups is 2. The summed E-state index contributed by atoms with van der Waals surface area (Å²) in [5.41, 5.74) is 2.56. The Balaban J connectivity index is 1.02. The van der Waals surface area contributed by atoms with Gasteiger partial charge in [0.25, 0.3) is 5.91 Å². The van der Waals surface area contributed by atoms with Crippen molar-refractivity contribution in [2.45, 2.75) is 96.7 Å². The Morgan fingerprint density at radius 3 is 2.27 bits per heavy atom. The highest BCUT2D eigenvalue weighted by Crippen LogP contribution is 2.43. The number of piperidine rings is 2. The van der Waals surface area contributed by atoms with Gasteiger partial charge in [-0.1, -0.05) is 6.07 Å². The van der Waals surface area contributed by atoms with Crippen LogP contribution in [0.5, 0.6) is 5.75 Å². The zero-order chi connectivity index (χ0) is 31.8. The fraction of sp³-hybridized carbons (Fsp3) is 0.600. The summed E-state index contributed by atoms with van der Waals surface area (Å²) in [5.74, 6) is 0.313. The molecule has 2 saturated heterocycles. The number of hydrogen-bond donors (Lipinski definition) is 1. The van der Waals surface area contributed by atoms with E-state index in [9.17, 15) is 9.59 Å². The van der Waals surface area contributed by atoms with E-state index in [1.165, 1.54) is 25.7 Å². The molecule has 1 aromatic carbocycles. The van der Waals surface area contributed by atoms with Crippen LogP contribution in [0.1, 0.15) is 94.4 Å². The highest BCUT2D eigenvalue weighted by Gasteiger charge is 2.41. The number of amides is 2. The van der Waals surface area contributed by atoms with Crippen molar-refractivity contribution >= 4 is 28.6 Å². The van der Waals surface area contributed by atoms with E-state index >= 15 is 0 Å². The van der Waals surface area contributed by atoms with Gasteiger partial charge >= 0.3 is 6.09 Å². The van der Waals surface area contributed by atoms with Crippen LogP contribution in [0.4, 0.5) is 10.5 Å². The third-order valence-electron chi connectivity index (χ3n) is 10.1. The maximum absolute atomic E-state index is 12.9. The van der Waals surface area contributed by atoms with Crippen molar-refractivity contribution in [1.29, 1.82) is 0 Å². The molecule has 0 bridgehead atoms. The van der Waals surface area contributed by atoms with Gasteiger partial charge in [-0.2, -0.15) is 5.10 Å². The van der Waals surface area contributed by atoms with Gasteiger partial charge in [-0.25, -0.2) is 9.78 Å². The number of carbonyl (C=O) groups excluding carboxylic acids is 2. The maximum Gasteiger partial charge on any atom is 0.410 e. The van der Waals surface area contributed by atoms with Crippen molar-refractivity contribution in [3.05, 3.63) is 47.9 Å². The van der Waals surface area contributed by atoms with Gasteiger partial charge in [-0.15, -0.1) is 0 Å². The molecule has 0 unspecified atom stereocenters. The van der Waals surface area contributed by atoms with E-state index in [0.29, 0.717) is 34.6 Å². The van der Waals surface area contributed by atoms with E-state index in [1.807, 2.05) is 56.9 Å². The average molecular weight is 617 g/mol. The number of methoxy groups -OCH3 is 1. The minimum absolute atomic E-state index is 0.168. The molecule has 1 spiro atoms. The number of nitrogens with zero attached hydrogens (tertiary/aromatic N) is 5. The number of likely N-dealkylation sites (tertiary alicyclic amines) is 2. The Morgan fingerprint density at radius 1 is 0.956 bits per heavy atom. The van der Waals surface area contributed by atoms with Crippen molar-refractivity contribution < 1.29 is 19.1 Å². The van der Waals surface area contributed by atoms with E-state index in [4.69, 9.17) is 14.6 Å². The molecule has 45 heavy (non-hydrogen) atoms. The third-order valence-corrected chi connectivity index (χ3v) is 10.1. The summed E-state index contributed by atoms with van der Waals surface area (Å²) in [6, 6.07) is 10.2. The Morgan fingerprint density at radius 2 is 1.62 bits per heavy atom. The number of ether oxygens (including phenoxy) is 2. The SMILES string of the molecule is COc1cc2nn(C3CCC(N4CCC5(CCN(C(=O)OC(C)(C)C)CC5)CC4)CC3)cc2cc1NC(=O)c1cccc(C)n1. The standard InChI is InChI=1S/C35H48N6O4/c1-24-7-6-8-28(36-24)32(42)37-30-21-25-23-41(38-29(25)22-31(30)44-5)27-11-9-26(10-12-27)39-17-13-35(14-18-39)15-19-40(20-16-35)33(43)45-34(2,3)4/h6-8,21-23,26-27H,9-20H2,1-5H3,(H,37,42). The summed E-state index contributed by atoms with van der Waals surface area (Å²) in [6.07, 6.45) is 11.1. The minimum atomic E-state index is -0.447. The fourth-order valence-corrected chi connectivity index (χ4v) is 7.42. The van der Waals surface area contributed by atoms with Gasteiger partial charge < -0.3 is 24.6 Å². The quantitative estimate of drug-likeness (QED) is 0.345. The number of rotatable bonds is 5. The van der Waals surface area contributed by atoms with Crippen LogP contribution in [-0.2, 0) is 4.74 Å². The van der Waals surface area contributed by atoms with Gasteiger partial charge in [0.15, 0.2) is 0 Å². The molecule has 0 radical (unpaired) electrons. The van der Waals surface area contributed by atoms with Gasteiger partial charge in [0.1, 0.15) is 17.0 Å². The molecule has 242 valence electrons. The lowest BCUT2D eigenvalue weighted by Crippen LogP contribution is -2.51. The number of pyridine rings is 1. The van der Waals surface area contributed by atoms with Gasteiger partial charge in [0.2, 0.25) is 0 Å². The summed E-state index contributed by atoms with van der Waals surface area (Å²) in [6.45, 7) is 11.6. The molecule has 10 heteroatoms. The Labute approximate surface area is 266 Å². The van der Waals surface area contributed by atoms with Crippen molar-refractivity contribution in [2.24, 2.45) is 5.41 Å². The second-order valence-electron chi connectivity index (χ2n) is 14.3. The van der Waals surface area contributed by atoms with E-state index in [2.05, 4.69) is 26.1 Å². The number of benzene rings is 1. The van der Waals surface area contributed by atoms with Crippen molar-refractivity contribution in [3.63, 3.8) is 0 Å². The molecular weight excluding hydrogens is 568 g/mol. The second-order valence-corrected chi connectivity index (χ2v) is 14.3. The van der Waals surface area contributed by atoms with Crippen LogP contribution in [0.15, 0.2) is 36.5 Å². The lowest BCUT2D eigenvalue weighted by molar-refractivity contribution is -0.0101. The first-order chi connectivity index (χ1) is 21.5. The molecule has 2 amide bonds. The minimum Gasteiger partial charge on any atom is -0.494 e. The van der Waals surface area contributed by atoms with Gasteiger partial charge in [-0.3, -0.25) is 9.48 Å². The molecule has 10 nitrogen and oxygen atoms in total. The number of anilines is 1. The maximum atomic E-state index is 12.9. The van der Waals surface area contributed by atoms with Gasteiger partial charge in [0, 0.05) is 42.5 Å². The molecule has 3 aliphatic rings. The van der Waals surface area contributed by atoms with E-state index in [1.54, 1.807) is 13.2 Å². The lowest BCUT2D eigenvalue weighted by Gasteiger charge is -2.49. The average Bonchev–Trinajstić information content (AvgIpc) is 3.43. The van der Waals surface area contributed by atoms with Crippen molar-refractivity contribution in [1.82, 2.24) is 24.6 Å². The number of hydrogen-bond acceptors (Lipinski definition) is 7. The smallest absolute Gasteiger partial charge is 0.410 e. The molecule has 2 aliphatic heterocycles. The van der Waals surface area contributed by atoms with E-state index in [-0.39, 0.29) is 12.0 Å². The normalized spacial score (nSPS) is 22.4. The monoisotopic (exact) mass is 616 g/mol. The number of aryl methyl sites for hydroxylation is 1. The van der Waals surface area contributed by atoms with Crippen LogP contribution in [0, 0.1) is 12.3 Å². The summed E-state index contributed by atoms with van der Waals surface area (Å²) >= 11 is 0. The first-order valence-corrected chi connectivity index (χ1v) is 16.5. The van der Waals surface area contributed by atoms with E-state index < -0.39 is 5.60 Å². The predicted molar refractivity (Wildman–Crippen MR) is 175 cm³/mol. The Bertz CT molecular complexity index is 1520. The Hall–Kier alpha value is -3.66. The van der Waals surface area contributed by atoms with Crippen LogP contribution in [0.2, 0.25) is 0 Å². The van der Waals surface area contributed by atoms with Crippen LogP contribution in [0.25, 0.3) is 10.9 Å². The highest BCUT2D eigenvalue weighted by molar-refractivity contribution is 6.05. The molecule has 1 aliphatic carbocycles. The van der Waals surface area contributed by atoms with Crippen molar-refractivity contribution in [3.8, 4) is 5.75 Å². The zero-order valence-electron chi connectivity index (χ0n) is 27.5.